The molecule has 0 atom stereocenters. The van der Waals surface area contributed by atoms with Crippen LogP contribution in [0.3, 0.4) is 0 Å². The minimum absolute atomic E-state index is 0.168. The Bertz CT molecular complexity index is 311. The molecule has 0 aromatic carbocycles. The molecule has 0 aliphatic carbocycles. The van der Waals surface area contributed by atoms with Gasteiger partial charge in [0.1, 0.15) is 0 Å². The predicted octanol–water partition coefficient (Wildman–Crippen LogP) is 6.40. The Balaban J connectivity index is 3.28. The van der Waals surface area contributed by atoms with Crippen molar-refractivity contribution in [2.24, 2.45) is 0 Å². The highest BCUT2D eigenvalue weighted by Crippen LogP contribution is 2.10. The summed E-state index contributed by atoms with van der Waals surface area (Å²) in [5.74, 6) is 0.168. The molecule has 0 radical (unpaired) electrons. The summed E-state index contributed by atoms with van der Waals surface area (Å²) in [5.41, 5.74) is 2.95. The van der Waals surface area contributed by atoms with E-state index in [-0.39, 0.29) is 5.91 Å². The van der Waals surface area contributed by atoms with Crippen LogP contribution >= 0.6 is 0 Å². The highest BCUT2D eigenvalue weighted by atomic mass is 16.2. The lowest BCUT2D eigenvalue weighted by molar-refractivity contribution is -0.125. The van der Waals surface area contributed by atoms with E-state index in [4.69, 9.17) is 0 Å². The molecule has 0 heterocycles. The first-order valence-corrected chi connectivity index (χ1v) is 10.9. The van der Waals surface area contributed by atoms with Crippen LogP contribution in [0, 0.1) is 0 Å². The molecule has 0 bridgehead atoms. The van der Waals surface area contributed by atoms with Crippen LogP contribution in [0.25, 0.3) is 0 Å². The third-order valence-electron chi connectivity index (χ3n) is 4.71. The number of hydrogen-bond donors (Lipinski definition) is 1. The number of carbonyl (C=O) groups is 1. The largest absolute Gasteiger partial charge is 0.289 e. The van der Waals surface area contributed by atoms with Crippen LogP contribution in [0.15, 0.2) is 12.2 Å². The number of hydrogen-bond acceptors (Lipinski definition) is 2. The van der Waals surface area contributed by atoms with Crippen LogP contribution < -0.4 is 5.43 Å². The van der Waals surface area contributed by atoms with Gasteiger partial charge in [-0.15, -0.1) is 0 Å². The fourth-order valence-electron chi connectivity index (χ4n) is 2.97. The van der Waals surface area contributed by atoms with Gasteiger partial charge in [-0.2, -0.15) is 0 Å². The van der Waals surface area contributed by atoms with Crippen LogP contribution in [0.1, 0.15) is 111 Å². The number of hydrazine groups is 1. The average molecular weight is 353 g/mol. The molecule has 148 valence electrons. The number of rotatable bonds is 18. The molecule has 0 spiro atoms. The first kappa shape index (κ1) is 24.2. The third kappa shape index (κ3) is 17.8. The number of allylic oxidation sites excluding steroid dienone is 2. The Kier molecular flexibility index (Phi) is 18.8. The van der Waals surface area contributed by atoms with Crippen molar-refractivity contribution >= 4 is 5.91 Å². The lowest BCUT2D eigenvalue weighted by Crippen LogP contribution is -2.41. The number of unbranched alkanes of at least 4 members (excludes halogenated alkanes) is 11. The van der Waals surface area contributed by atoms with Gasteiger partial charge in [0.15, 0.2) is 0 Å². The van der Waals surface area contributed by atoms with Gasteiger partial charge in [-0.3, -0.25) is 10.2 Å². The molecule has 0 rings (SSSR count). The van der Waals surface area contributed by atoms with E-state index in [9.17, 15) is 4.79 Å². The Morgan fingerprint density at radius 3 is 1.72 bits per heavy atom. The summed E-state index contributed by atoms with van der Waals surface area (Å²) in [4.78, 5) is 11.7. The third-order valence-corrected chi connectivity index (χ3v) is 4.71. The molecule has 0 saturated heterocycles. The highest BCUT2D eigenvalue weighted by Gasteiger charge is 2.04. The van der Waals surface area contributed by atoms with Gasteiger partial charge in [0, 0.05) is 19.5 Å². The zero-order chi connectivity index (χ0) is 18.6. The van der Waals surface area contributed by atoms with Gasteiger partial charge in [0.2, 0.25) is 5.91 Å². The topological polar surface area (TPSA) is 32.3 Å². The average Bonchev–Trinajstić information content (AvgIpc) is 2.62. The molecule has 1 amide bonds. The second-order valence-corrected chi connectivity index (χ2v) is 7.04. The Morgan fingerprint density at radius 2 is 1.20 bits per heavy atom. The van der Waals surface area contributed by atoms with Gasteiger partial charge >= 0.3 is 0 Å². The lowest BCUT2D eigenvalue weighted by Gasteiger charge is -2.19. The fourth-order valence-corrected chi connectivity index (χ4v) is 2.97. The molecule has 0 aliphatic heterocycles. The van der Waals surface area contributed by atoms with Crippen molar-refractivity contribution in [2.45, 2.75) is 111 Å². The SMILES string of the molecule is CCCCCCCCC=CCCCCCCCC(=O)NN(CC)CC. The minimum Gasteiger partial charge on any atom is -0.289 e. The van der Waals surface area contributed by atoms with E-state index < -0.39 is 0 Å². The second-order valence-electron chi connectivity index (χ2n) is 7.04. The molecule has 0 aromatic rings. The van der Waals surface area contributed by atoms with Gasteiger partial charge in [-0.1, -0.05) is 84.3 Å². The summed E-state index contributed by atoms with van der Waals surface area (Å²) in [6.45, 7) is 8.13. The first-order chi connectivity index (χ1) is 12.2. The van der Waals surface area contributed by atoms with E-state index in [1.165, 1.54) is 77.0 Å². The minimum atomic E-state index is 0.168. The van der Waals surface area contributed by atoms with Crippen molar-refractivity contribution in [3.63, 3.8) is 0 Å². The molecular weight excluding hydrogens is 308 g/mol. The summed E-state index contributed by atoms with van der Waals surface area (Å²) in [7, 11) is 0. The van der Waals surface area contributed by atoms with Crippen molar-refractivity contribution < 1.29 is 4.79 Å². The van der Waals surface area contributed by atoms with Crippen LogP contribution in [0.5, 0.6) is 0 Å². The van der Waals surface area contributed by atoms with Crippen molar-refractivity contribution in [3.8, 4) is 0 Å². The Labute approximate surface area is 157 Å². The number of carbonyl (C=O) groups excluding carboxylic acids is 1. The van der Waals surface area contributed by atoms with Crippen molar-refractivity contribution in [1.82, 2.24) is 10.4 Å². The van der Waals surface area contributed by atoms with Gasteiger partial charge in [-0.05, 0) is 32.1 Å². The molecule has 3 heteroatoms. The van der Waals surface area contributed by atoms with E-state index in [0.717, 1.165) is 19.5 Å². The molecule has 0 aliphatic rings. The van der Waals surface area contributed by atoms with Gasteiger partial charge < -0.3 is 0 Å². The van der Waals surface area contributed by atoms with Crippen LogP contribution in [0.2, 0.25) is 0 Å². The van der Waals surface area contributed by atoms with Crippen LogP contribution in [-0.2, 0) is 4.79 Å². The second kappa shape index (κ2) is 19.5. The normalized spacial score (nSPS) is 11.5. The quantitative estimate of drug-likeness (QED) is 0.176. The molecule has 3 nitrogen and oxygen atoms in total. The molecule has 0 aromatic heterocycles. The van der Waals surface area contributed by atoms with Crippen LogP contribution in [-0.4, -0.2) is 24.0 Å². The van der Waals surface area contributed by atoms with Crippen molar-refractivity contribution in [3.05, 3.63) is 12.2 Å². The first-order valence-electron chi connectivity index (χ1n) is 10.9. The summed E-state index contributed by atoms with van der Waals surface area (Å²) >= 11 is 0. The maximum atomic E-state index is 11.7. The summed E-state index contributed by atoms with van der Waals surface area (Å²) < 4.78 is 0. The monoisotopic (exact) mass is 352 g/mol. The van der Waals surface area contributed by atoms with E-state index in [2.05, 4.69) is 38.3 Å². The van der Waals surface area contributed by atoms with Crippen molar-refractivity contribution in [2.75, 3.05) is 13.1 Å². The summed E-state index contributed by atoms with van der Waals surface area (Å²) in [6.07, 6.45) is 22.2. The van der Waals surface area contributed by atoms with E-state index in [1.807, 2.05) is 5.01 Å². The van der Waals surface area contributed by atoms with E-state index >= 15 is 0 Å². The maximum Gasteiger partial charge on any atom is 0.234 e. The fraction of sp³-hybridized carbons (Fsp3) is 0.864. The summed E-state index contributed by atoms with van der Waals surface area (Å²) in [6, 6.07) is 0. The predicted molar refractivity (Wildman–Crippen MR) is 111 cm³/mol. The molecule has 0 saturated carbocycles. The maximum absolute atomic E-state index is 11.7. The smallest absolute Gasteiger partial charge is 0.234 e. The number of nitrogens with zero attached hydrogens (tertiary/aromatic N) is 1. The Morgan fingerprint density at radius 1 is 0.720 bits per heavy atom. The van der Waals surface area contributed by atoms with Gasteiger partial charge in [-0.25, -0.2) is 5.01 Å². The lowest BCUT2D eigenvalue weighted by atomic mass is 10.1. The number of nitrogens with one attached hydrogen (secondary N) is 1. The van der Waals surface area contributed by atoms with E-state index in [0.29, 0.717) is 6.42 Å². The molecule has 0 fully saturated rings. The van der Waals surface area contributed by atoms with Gasteiger partial charge in [0.25, 0.3) is 0 Å². The van der Waals surface area contributed by atoms with Gasteiger partial charge in [0.05, 0.1) is 0 Å². The zero-order valence-electron chi connectivity index (χ0n) is 17.3. The summed E-state index contributed by atoms with van der Waals surface area (Å²) in [5, 5.41) is 1.96. The highest BCUT2D eigenvalue weighted by molar-refractivity contribution is 5.75. The molecule has 0 unspecified atom stereocenters. The standard InChI is InChI=1S/C22H44N2O/c1-4-7-8-9-10-11-12-13-14-15-16-17-18-19-20-21-22(25)23-24(5-2)6-3/h13-14H,4-12,15-21H2,1-3H3,(H,23,25). The van der Waals surface area contributed by atoms with E-state index in [1.54, 1.807) is 0 Å². The Hall–Kier alpha value is -0.830. The molecular formula is C22H44N2O. The molecule has 1 N–H and O–H groups in total. The molecule has 25 heavy (non-hydrogen) atoms. The number of amides is 1. The van der Waals surface area contributed by atoms with Crippen LogP contribution in [0.4, 0.5) is 0 Å². The van der Waals surface area contributed by atoms with Crippen molar-refractivity contribution in [1.29, 1.82) is 0 Å². The zero-order valence-corrected chi connectivity index (χ0v) is 17.3.